The van der Waals surface area contributed by atoms with Crippen LogP contribution in [0, 0.1) is 60.1 Å². The summed E-state index contributed by atoms with van der Waals surface area (Å²) in [6, 6.07) is -1.05. The van der Waals surface area contributed by atoms with Crippen LogP contribution in [0.4, 0.5) is 0 Å². The molecule has 17 heteroatoms. The number of fused-ring (bicyclic) bond motifs is 5. The topological polar surface area (TPSA) is 234 Å². The molecule has 3 saturated carbocycles. The van der Waals surface area contributed by atoms with E-state index in [1.54, 1.807) is 13.8 Å². The summed E-state index contributed by atoms with van der Waals surface area (Å²) in [4.78, 5) is 45.7. The van der Waals surface area contributed by atoms with E-state index < -0.39 is 54.8 Å². The quantitative estimate of drug-likeness (QED) is 0.0629. The largest absolute Gasteiger partial charge is 0.394 e. The Kier molecular flexibility index (Phi) is 16.1. The highest BCUT2D eigenvalue weighted by Gasteiger charge is 2.67. The third-order valence-corrected chi connectivity index (χ3v) is 18.5. The van der Waals surface area contributed by atoms with Gasteiger partial charge in [-0.05, 0) is 112 Å². The predicted octanol–water partition coefficient (Wildman–Crippen LogP) is 8.27. The van der Waals surface area contributed by atoms with Crippen molar-refractivity contribution in [3.8, 4) is 0 Å². The Hall–Kier alpha value is -1.90. The summed E-state index contributed by atoms with van der Waals surface area (Å²) in [5, 5.41) is 20.0. The maximum atomic E-state index is 12.4. The third kappa shape index (κ3) is 10.2. The lowest BCUT2D eigenvalue weighted by atomic mass is 9.39. The molecule has 4 aliphatic carbocycles. The van der Waals surface area contributed by atoms with Gasteiger partial charge >= 0.3 is 0 Å². The Balaban J connectivity index is 0.987. The van der Waals surface area contributed by atoms with Gasteiger partial charge in [-0.15, -0.1) is 0 Å². The van der Waals surface area contributed by atoms with Crippen LogP contribution >= 0.6 is 0 Å². The van der Waals surface area contributed by atoms with Crippen molar-refractivity contribution in [3.63, 3.8) is 0 Å². The second kappa shape index (κ2) is 20.6. The summed E-state index contributed by atoms with van der Waals surface area (Å²) in [6.45, 7) is 18.6. The van der Waals surface area contributed by atoms with Crippen molar-refractivity contribution in [2.75, 3.05) is 19.8 Å². The van der Waals surface area contributed by atoms with Crippen LogP contribution in [0.15, 0.2) is 27.2 Å². The average molecular weight is 920 g/mol. The second-order valence-electron chi connectivity index (χ2n) is 22.9. The van der Waals surface area contributed by atoms with Gasteiger partial charge in [-0.2, -0.15) is 14.7 Å². The monoisotopic (exact) mass is 920 g/mol. The molecule has 3 saturated heterocycles. The number of nitrogens with two attached hydrogens (primary N) is 2. The molecule has 0 bridgehead atoms. The molecule has 7 rings (SSSR count). The van der Waals surface area contributed by atoms with Crippen molar-refractivity contribution in [1.29, 1.82) is 0 Å². The van der Waals surface area contributed by atoms with Crippen LogP contribution in [-0.2, 0) is 38.1 Å². The van der Waals surface area contributed by atoms with Crippen molar-refractivity contribution in [1.82, 2.24) is 0 Å². The molecule has 0 radical (unpaired) electrons. The van der Waals surface area contributed by atoms with E-state index in [-0.39, 0.29) is 72.6 Å². The summed E-state index contributed by atoms with van der Waals surface area (Å²) in [6.07, 6.45) is 10.3. The standard InChI is InChI=1S/C48H81N5O12/c1-28(9-13-40(45(4,5)53-57)64-42-22-30(52-56)19-33(62-42)26-58-41-21-29(51-55)20-34(61-41)27-59-49)35-15-16-48(8)38-12-10-36-37(46(38,6)17-18-47(35,48)7)11-14-39(44(36,2)3)63-43-24-31(65-50)23-32(25-54)60-43/h10,28-35,37-43,54H,9,11-27,49-50H2,1-8H3/t28?,29-,30-,31-,32-,33-,34-,35?,37?,38?,39-,40?,41+,42-,43-,46?,47?,48?/m0/s1. The van der Waals surface area contributed by atoms with Crippen LogP contribution in [0.5, 0.6) is 0 Å². The molecule has 0 amide bonds. The van der Waals surface area contributed by atoms with Crippen LogP contribution < -0.4 is 11.8 Å². The van der Waals surface area contributed by atoms with Gasteiger partial charge in [0, 0.05) is 43.9 Å². The van der Waals surface area contributed by atoms with E-state index in [0.29, 0.717) is 55.8 Å². The van der Waals surface area contributed by atoms with E-state index >= 15 is 0 Å². The number of hydrogen-bond acceptors (Lipinski definition) is 17. The molecule has 17 nitrogen and oxygen atoms in total. The van der Waals surface area contributed by atoms with Gasteiger partial charge in [-0.3, -0.25) is 0 Å². The first-order chi connectivity index (χ1) is 30.9. The average Bonchev–Trinajstić information content (AvgIpc) is 3.57. The van der Waals surface area contributed by atoms with Crippen molar-refractivity contribution < 1.29 is 43.2 Å². The van der Waals surface area contributed by atoms with Gasteiger partial charge in [0.1, 0.15) is 5.54 Å². The molecular formula is C48H81N5O12. The highest BCUT2D eigenvalue weighted by atomic mass is 16.7. The number of allylic oxidation sites excluding steroid dienone is 1. The number of aliphatic hydroxyl groups excluding tert-OH is 1. The van der Waals surface area contributed by atoms with Crippen molar-refractivity contribution in [2.45, 2.75) is 225 Å². The lowest BCUT2D eigenvalue weighted by molar-refractivity contribution is -0.260. The Labute approximate surface area is 386 Å². The maximum absolute atomic E-state index is 12.4. The molecule has 8 unspecified atom stereocenters. The first-order valence-corrected chi connectivity index (χ1v) is 24.7. The molecule has 0 aromatic rings. The van der Waals surface area contributed by atoms with Crippen LogP contribution in [0.3, 0.4) is 0 Å². The summed E-state index contributed by atoms with van der Waals surface area (Å²) in [5.41, 5.74) is 0.823. The Bertz CT molecular complexity index is 1660. The number of hydrogen-bond donors (Lipinski definition) is 3. The minimum Gasteiger partial charge on any atom is -0.394 e. The van der Waals surface area contributed by atoms with Crippen LogP contribution in [-0.4, -0.2) is 98.0 Å². The zero-order valence-corrected chi connectivity index (χ0v) is 40.4. The molecule has 18 atom stereocenters. The van der Waals surface area contributed by atoms with Crippen molar-refractivity contribution in [2.24, 2.45) is 72.7 Å². The van der Waals surface area contributed by atoms with Crippen molar-refractivity contribution >= 4 is 0 Å². The van der Waals surface area contributed by atoms with Gasteiger partial charge in [0.15, 0.2) is 18.9 Å². The van der Waals surface area contributed by atoms with Gasteiger partial charge in [0.25, 0.3) is 0 Å². The van der Waals surface area contributed by atoms with Gasteiger partial charge in [-0.1, -0.05) is 68.7 Å². The zero-order valence-electron chi connectivity index (χ0n) is 40.4. The first kappa shape index (κ1) is 51.0. The minimum absolute atomic E-state index is 0.00773. The molecule has 0 aromatic carbocycles. The highest BCUT2D eigenvalue weighted by molar-refractivity contribution is 5.30. The molecule has 370 valence electrons. The number of nitroso groups, excluding NO2 is 3. The van der Waals surface area contributed by atoms with E-state index in [4.69, 9.17) is 49.9 Å². The SMILES string of the molecule is CC(CCC(O[C@H]1C[C@@H](N=O)C[C@@H](CO[C@H]2C[C@@H](N=O)C[C@@H](CON)O2)O1)C(C)(C)N=O)C1CCC2(C)C3CC=C4C(CC[C@H](O[C@H]5C[C@@H](ON)C[C@@H](CO)O5)C4(C)C)C3(C)CCC12C. The van der Waals surface area contributed by atoms with Crippen LogP contribution in [0.2, 0.25) is 0 Å². The van der Waals surface area contributed by atoms with Crippen LogP contribution in [0.25, 0.3) is 0 Å². The predicted molar refractivity (Wildman–Crippen MR) is 242 cm³/mol. The molecule has 7 aliphatic rings. The molecule has 6 fully saturated rings. The molecule has 3 heterocycles. The van der Waals surface area contributed by atoms with E-state index in [2.05, 4.69) is 63.1 Å². The molecular weight excluding hydrogens is 839 g/mol. The van der Waals surface area contributed by atoms with E-state index in [1.807, 2.05) is 0 Å². The van der Waals surface area contributed by atoms with E-state index in [1.165, 1.54) is 31.3 Å². The molecule has 65 heavy (non-hydrogen) atoms. The maximum Gasteiger partial charge on any atom is 0.161 e. The smallest absolute Gasteiger partial charge is 0.161 e. The van der Waals surface area contributed by atoms with Crippen LogP contribution in [0.1, 0.15) is 152 Å². The lowest BCUT2D eigenvalue weighted by Gasteiger charge is -2.66. The first-order valence-electron chi connectivity index (χ1n) is 24.7. The van der Waals surface area contributed by atoms with Gasteiger partial charge in [0.2, 0.25) is 0 Å². The number of aliphatic hydroxyl groups is 1. The molecule has 5 N–H and O–H groups in total. The highest BCUT2D eigenvalue weighted by Crippen LogP contribution is 2.75. The Morgan fingerprint density at radius 1 is 0.800 bits per heavy atom. The molecule has 0 spiro atoms. The summed E-state index contributed by atoms with van der Waals surface area (Å²) in [5.74, 6) is 12.8. The van der Waals surface area contributed by atoms with Gasteiger partial charge in [0.05, 0.1) is 68.5 Å². The van der Waals surface area contributed by atoms with Gasteiger partial charge < -0.3 is 43.2 Å². The Morgan fingerprint density at radius 3 is 2.14 bits per heavy atom. The zero-order chi connectivity index (χ0) is 47.0. The molecule has 0 aromatic heterocycles. The third-order valence-electron chi connectivity index (χ3n) is 18.5. The van der Waals surface area contributed by atoms with E-state index in [0.717, 1.165) is 25.7 Å². The molecule has 3 aliphatic heterocycles. The fourth-order valence-electron chi connectivity index (χ4n) is 14.5. The minimum atomic E-state index is -1.04. The summed E-state index contributed by atoms with van der Waals surface area (Å²) >= 11 is 0. The fraction of sp³-hybridized carbons (Fsp3) is 0.958. The number of nitrogens with zero attached hydrogens (tertiary/aromatic N) is 3. The fourth-order valence-corrected chi connectivity index (χ4v) is 14.5. The number of rotatable bonds is 19. The Morgan fingerprint density at radius 2 is 1.48 bits per heavy atom. The summed E-state index contributed by atoms with van der Waals surface area (Å²) < 4.78 is 37.9. The van der Waals surface area contributed by atoms with Gasteiger partial charge in [-0.25, -0.2) is 11.8 Å². The lowest BCUT2D eigenvalue weighted by Crippen LogP contribution is -2.59. The normalized spacial score (nSPS) is 43.9. The van der Waals surface area contributed by atoms with Crippen molar-refractivity contribution in [3.05, 3.63) is 26.4 Å². The summed E-state index contributed by atoms with van der Waals surface area (Å²) in [7, 11) is 0. The second-order valence-corrected chi connectivity index (χ2v) is 22.9. The van der Waals surface area contributed by atoms with E-state index in [9.17, 15) is 19.8 Å². The number of ether oxygens (including phenoxy) is 6.